The van der Waals surface area contributed by atoms with Crippen molar-refractivity contribution in [2.45, 2.75) is 24.8 Å². The molecule has 7 heteroatoms. The summed E-state index contributed by atoms with van der Waals surface area (Å²) in [7, 11) is 0. The molecule has 2 aromatic heterocycles. The number of nitrogens with one attached hydrogen (secondary N) is 1. The number of nitrogens with zero attached hydrogens (tertiary/aromatic N) is 4. The number of carbonyl (C=O) groups is 1. The maximum absolute atomic E-state index is 13.0. The molecule has 4 rings (SSSR count). The molecule has 1 aromatic carbocycles. The molecule has 1 N–H and O–H groups in total. The minimum atomic E-state index is -0.287. The van der Waals surface area contributed by atoms with Crippen molar-refractivity contribution in [1.82, 2.24) is 24.8 Å². The summed E-state index contributed by atoms with van der Waals surface area (Å²) in [6.45, 7) is 0. The Morgan fingerprint density at radius 3 is 2.68 bits per heavy atom. The SMILES string of the molecule is O=C(N[C@H]1C[C@H](c2ccc(F)cc2)C1)c1nccc(-n2ccnc2)n1. The zero-order valence-corrected chi connectivity index (χ0v) is 13.3. The molecular weight excluding hydrogens is 321 g/mol. The summed E-state index contributed by atoms with van der Waals surface area (Å²) in [5.74, 6) is 0.559. The van der Waals surface area contributed by atoms with E-state index in [9.17, 15) is 9.18 Å². The molecule has 1 fully saturated rings. The van der Waals surface area contributed by atoms with Crippen LogP contribution < -0.4 is 5.32 Å². The van der Waals surface area contributed by atoms with Crippen LogP contribution in [-0.4, -0.2) is 31.5 Å². The van der Waals surface area contributed by atoms with E-state index in [1.807, 2.05) is 0 Å². The van der Waals surface area contributed by atoms with Gasteiger partial charge < -0.3 is 5.32 Å². The fraction of sp³-hybridized carbons (Fsp3) is 0.222. The summed E-state index contributed by atoms with van der Waals surface area (Å²) in [6.07, 6.45) is 8.23. The molecule has 2 heterocycles. The molecule has 25 heavy (non-hydrogen) atoms. The summed E-state index contributed by atoms with van der Waals surface area (Å²) in [5.41, 5.74) is 1.10. The normalized spacial score (nSPS) is 19.2. The van der Waals surface area contributed by atoms with Crippen molar-refractivity contribution in [3.8, 4) is 5.82 Å². The van der Waals surface area contributed by atoms with Crippen LogP contribution in [0.15, 0.2) is 55.2 Å². The molecule has 0 saturated heterocycles. The van der Waals surface area contributed by atoms with E-state index in [1.54, 1.807) is 47.7 Å². The van der Waals surface area contributed by atoms with Crippen molar-refractivity contribution in [3.63, 3.8) is 0 Å². The van der Waals surface area contributed by atoms with E-state index in [0.717, 1.165) is 18.4 Å². The highest BCUT2D eigenvalue weighted by atomic mass is 19.1. The number of hydrogen-bond acceptors (Lipinski definition) is 4. The first kappa shape index (κ1) is 15.4. The lowest BCUT2D eigenvalue weighted by Crippen LogP contribution is -2.43. The molecule has 0 atom stereocenters. The van der Waals surface area contributed by atoms with Crippen LogP contribution in [0.25, 0.3) is 5.82 Å². The van der Waals surface area contributed by atoms with Crippen molar-refractivity contribution in [2.75, 3.05) is 0 Å². The molecule has 0 spiro atoms. The van der Waals surface area contributed by atoms with Gasteiger partial charge in [0.15, 0.2) is 0 Å². The minimum Gasteiger partial charge on any atom is -0.347 e. The van der Waals surface area contributed by atoms with Gasteiger partial charge in [-0.3, -0.25) is 9.36 Å². The monoisotopic (exact) mass is 337 g/mol. The van der Waals surface area contributed by atoms with Crippen LogP contribution in [0.2, 0.25) is 0 Å². The molecule has 0 bridgehead atoms. The van der Waals surface area contributed by atoms with Crippen LogP contribution in [0, 0.1) is 5.82 Å². The molecule has 1 amide bonds. The highest BCUT2D eigenvalue weighted by molar-refractivity contribution is 5.90. The summed E-state index contributed by atoms with van der Waals surface area (Å²) in [6, 6.07) is 8.34. The molecule has 0 unspecified atom stereocenters. The maximum atomic E-state index is 13.0. The van der Waals surface area contributed by atoms with E-state index >= 15 is 0 Å². The maximum Gasteiger partial charge on any atom is 0.289 e. The van der Waals surface area contributed by atoms with Crippen LogP contribution in [0.1, 0.15) is 34.9 Å². The number of imidazole rings is 1. The van der Waals surface area contributed by atoms with E-state index in [2.05, 4.69) is 20.3 Å². The zero-order valence-electron chi connectivity index (χ0n) is 13.3. The van der Waals surface area contributed by atoms with Gasteiger partial charge >= 0.3 is 0 Å². The highest BCUT2D eigenvalue weighted by Gasteiger charge is 2.32. The lowest BCUT2D eigenvalue weighted by atomic mass is 9.76. The lowest BCUT2D eigenvalue weighted by molar-refractivity contribution is 0.0898. The van der Waals surface area contributed by atoms with Gasteiger partial charge in [-0.05, 0) is 42.5 Å². The van der Waals surface area contributed by atoms with Crippen molar-refractivity contribution in [1.29, 1.82) is 0 Å². The molecule has 0 aliphatic heterocycles. The van der Waals surface area contributed by atoms with Crippen LogP contribution in [0.4, 0.5) is 4.39 Å². The summed E-state index contributed by atoms with van der Waals surface area (Å²) in [5, 5.41) is 2.95. The lowest BCUT2D eigenvalue weighted by Gasteiger charge is -2.36. The van der Waals surface area contributed by atoms with Gasteiger partial charge in [-0.25, -0.2) is 19.3 Å². The molecule has 0 radical (unpaired) electrons. The van der Waals surface area contributed by atoms with E-state index in [4.69, 9.17) is 0 Å². The topological polar surface area (TPSA) is 72.7 Å². The predicted octanol–water partition coefficient (Wildman–Crippen LogP) is 2.48. The quantitative estimate of drug-likeness (QED) is 0.794. The van der Waals surface area contributed by atoms with Crippen LogP contribution in [0.3, 0.4) is 0 Å². The van der Waals surface area contributed by atoms with Crippen LogP contribution in [0.5, 0.6) is 0 Å². The van der Waals surface area contributed by atoms with Gasteiger partial charge in [0.05, 0.1) is 0 Å². The molecule has 3 aromatic rings. The van der Waals surface area contributed by atoms with E-state index in [1.165, 1.54) is 12.1 Å². The number of hydrogen-bond donors (Lipinski definition) is 1. The number of halogens is 1. The highest BCUT2D eigenvalue weighted by Crippen LogP contribution is 2.36. The first-order valence-corrected chi connectivity index (χ1v) is 8.07. The van der Waals surface area contributed by atoms with Crippen LogP contribution in [-0.2, 0) is 0 Å². The third kappa shape index (κ3) is 3.26. The Kier molecular flexibility index (Phi) is 3.97. The Labute approximate surface area is 143 Å². The number of rotatable bonds is 4. The fourth-order valence-electron chi connectivity index (χ4n) is 2.99. The fourth-order valence-corrected chi connectivity index (χ4v) is 2.99. The second kappa shape index (κ2) is 6.43. The first-order chi connectivity index (χ1) is 12.2. The number of amides is 1. The second-order valence-corrected chi connectivity index (χ2v) is 6.10. The zero-order chi connectivity index (χ0) is 17.2. The van der Waals surface area contributed by atoms with Crippen molar-refractivity contribution >= 4 is 5.91 Å². The van der Waals surface area contributed by atoms with Crippen molar-refractivity contribution < 1.29 is 9.18 Å². The molecule has 6 nitrogen and oxygen atoms in total. The Morgan fingerprint density at radius 1 is 1.16 bits per heavy atom. The third-order valence-corrected chi connectivity index (χ3v) is 4.43. The smallest absolute Gasteiger partial charge is 0.289 e. The average molecular weight is 337 g/mol. The van der Waals surface area contributed by atoms with Gasteiger partial charge in [0.2, 0.25) is 5.82 Å². The molecule has 1 saturated carbocycles. The molecule has 126 valence electrons. The van der Waals surface area contributed by atoms with Crippen LogP contribution >= 0.6 is 0 Å². The van der Waals surface area contributed by atoms with Crippen molar-refractivity contribution in [2.24, 2.45) is 0 Å². The van der Waals surface area contributed by atoms with Crippen molar-refractivity contribution in [3.05, 3.63) is 72.5 Å². The number of benzene rings is 1. The van der Waals surface area contributed by atoms with E-state index in [-0.39, 0.29) is 23.6 Å². The third-order valence-electron chi connectivity index (χ3n) is 4.43. The molecule has 1 aliphatic carbocycles. The van der Waals surface area contributed by atoms with Gasteiger partial charge in [0.1, 0.15) is 18.0 Å². The Bertz CT molecular complexity index is 873. The Hall–Kier alpha value is -3.09. The average Bonchev–Trinajstić information content (AvgIpc) is 3.13. The standard InChI is InChI=1S/C18H16FN5O/c19-14-3-1-12(2-4-14)13-9-15(10-13)22-18(25)17-21-6-5-16(23-17)24-8-7-20-11-24/h1-8,11,13,15H,9-10H2,(H,22,25)/t13-,15-. The van der Waals surface area contributed by atoms with Gasteiger partial charge in [-0.1, -0.05) is 12.1 Å². The Balaban J connectivity index is 1.37. The van der Waals surface area contributed by atoms with E-state index < -0.39 is 0 Å². The summed E-state index contributed by atoms with van der Waals surface area (Å²) >= 11 is 0. The molecular formula is C18H16FN5O. The second-order valence-electron chi connectivity index (χ2n) is 6.10. The minimum absolute atomic E-state index is 0.0862. The number of aromatic nitrogens is 4. The predicted molar refractivity (Wildman–Crippen MR) is 88.8 cm³/mol. The van der Waals surface area contributed by atoms with Gasteiger partial charge in [-0.15, -0.1) is 0 Å². The number of carbonyl (C=O) groups excluding carboxylic acids is 1. The summed E-state index contributed by atoms with van der Waals surface area (Å²) in [4.78, 5) is 24.6. The largest absolute Gasteiger partial charge is 0.347 e. The van der Waals surface area contributed by atoms with E-state index in [0.29, 0.717) is 11.7 Å². The van der Waals surface area contributed by atoms with Gasteiger partial charge in [0, 0.05) is 24.6 Å². The first-order valence-electron chi connectivity index (χ1n) is 8.07. The summed E-state index contributed by atoms with van der Waals surface area (Å²) < 4.78 is 14.7. The van der Waals surface area contributed by atoms with Gasteiger partial charge in [-0.2, -0.15) is 0 Å². The molecule has 1 aliphatic rings. The Morgan fingerprint density at radius 2 is 1.96 bits per heavy atom. The van der Waals surface area contributed by atoms with Gasteiger partial charge in [0.25, 0.3) is 5.91 Å².